The van der Waals surface area contributed by atoms with Gasteiger partial charge in [-0.05, 0) is 36.4 Å². The van der Waals surface area contributed by atoms with Crippen LogP contribution in [0.3, 0.4) is 0 Å². The van der Waals surface area contributed by atoms with Gasteiger partial charge in [0, 0.05) is 37.8 Å². The zero-order chi connectivity index (χ0) is 13.7. The van der Waals surface area contributed by atoms with Crippen molar-refractivity contribution >= 4 is 10.8 Å². The molecule has 1 aromatic carbocycles. The van der Waals surface area contributed by atoms with Crippen LogP contribution in [0.2, 0.25) is 0 Å². The van der Waals surface area contributed by atoms with Crippen LogP contribution in [0.1, 0.15) is 0 Å². The van der Waals surface area contributed by atoms with E-state index in [0.717, 1.165) is 37.0 Å². The highest BCUT2D eigenvalue weighted by molar-refractivity contribution is 5.81. The van der Waals surface area contributed by atoms with Crippen molar-refractivity contribution in [3.8, 4) is 0 Å². The van der Waals surface area contributed by atoms with Gasteiger partial charge in [0.05, 0.1) is 0 Å². The van der Waals surface area contributed by atoms with E-state index in [-0.39, 0.29) is 5.56 Å². The van der Waals surface area contributed by atoms with Gasteiger partial charge in [0.25, 0.3) is 5.56 Å². The lowest BCUT2D eigenvalue weighted by atomic mass is 10.0. The highest BCUT2D eigenvalue weighted by atomic mass is 16.1. The molecule has 2 aromatic rings. The molecule has 0 aliphatic carbocycles. The highest BCUT2D eigenvalue weighted by Gasteiger charge is 2.39. The van der Waals surface area contributed by atoms with E-state index < -0.39 is 0 Å². The molecule has 20 heavy (non-hydrogen) atoms. The van der Waals surface area contributed by atoms with Crippen molar-refractivity contribution in [3.63, 3.8) is 0 Å². The molecule has 2 aliphatic rings. The lowest BCUT2D eigenvalue weighted by Crippen LogP contribution is -2.41. The van der Waals surface area contributed by atoms with Crippen molar-refractivity contribution in [1.82, 2.24) is 9.58 Å². The summed E-state index contributed by atoms with van der Waals surface area (Å²) < 4.78 is 1.82. The molecule has 2 fully saturated rings. The van der Waals surface area contributed by atoms with Crippen molar-refractivity contribution < 1.29 is 0 Å². The molecule has 3 heterocycles. The Morgan fingerprint density at radius 3 is 2.45 bits per heavy atom. The lowest BCUT2D eigenvalue weighted by Gasteiger charge is -2.23. The average Bonchev–Trinajstić information content (AvgIpc) is 2.96. The van der Waals surface area contributed by atoms with E-state index in [0.29, 0.717) is 11.8 Å². The Kier molecular flexibility index (Phi) is 2.60. The number of fused-ring (bicyclic) bond motifs is 2. The third kappa shape index (κ3) is 1.75. The Morgan fingerprint density at radius 1 is 1.00 bits per heavy atom. The topological polar surface area (TPSA) is 28.5 Å². The van der Waals surface area contributed by atoms with Crippen LogP contribution in [-0.2, 0) is 0 Å². The molecular weight excluding hydrogens is 250 g/mol. The molecule has 104 valence electrons. The summed E-state index contributed by atoms with van der Waals surface area (Å²) >= 11 is 0. The number of likely N-dealkylation sites (tertiary alicyclic amines) is 1. The fourth-order valence-corrected chi connectivity index (χ4v) is 3.78. The van der Waals surface area contributed by atoms with Crippen molar-refractivity contribution in [2.75, 3.05) is 38.2 Å². The maximum Gasteiger partial charge on any atom is 0.276 e. The largest absolute Gasteiger partial charge is 0.309 e. The number of hydrogen-bond acceptors (Lipinski definition) is 3. The SMILES string of the molecule is CN1CC2CN(n3ccc4ccccc4c3=O)CC2C1. The number of hydrogen-bond donors (Lipinski definition) is 0. The summed E-state index contributed by atoms with van der Waals surface area (Å²) in [5.74, 6) is 1.41. The first kappa shape index (κ1) is 12.0. The van der Waals surface area contributed by atoms with Gasteiger partial charge in [0.1, 0.15) is 0 Å². The fourth-order valence-electron chi connectivity index (χ4n) is 3.78. The van der Waals surface area contributed by atoms with E-state index in [1.54, 1.807) is 0 Å². The first-order valence-electron chi connectivity index (χ1n) is 7.26. The zero-order valence-corrected chi connectivity index (χ0v) is 11.7. The Hall–Kier alpha value is -1.81. The number of pyridine rings is 1. The first-order valence-corrected chi connectivity index (χ1v) is 7.26. The predicted molar refractivity (Wildman–Crippen MR) is 80.6 cm³/mol. The van der Waals surface area contributed by atoms with Crippen LogP contribution in [0.25, 0.3) is 10.8 Å². The number of nitrogens with zero attached hydrogens (tertiary/aromatic N) is 3. The molecule has 0 amide bonds. The first-order chi connectivity index (χ1) is 9.72. The average molecular weight is 269 g/mol. The molecule has 0 radical (unpaired) electrons. The smallest absolute Gasteiger partial charge is 0.276 e. The Bertz CT molecular complexity index is 694. The Balaban J connectivity index is 1.70. The molecule has 4 heteroatoms. The molecular formula is C16H19N3O. The highest BCUT2D eigenvalue weighted by Crippen LogP contribution is 2.29. The van der Waals surface area contributed by atoms with E-state index >= 15 is 0 Å². The zero-order valence-electron chi connectivity index (χ0n) is 11.7. The van der Waals surface area contributed by atoms with Crippen LogP contribution in [0.5, 0.6) is 0 Å². The van der Waals surface area contributed by atoms with Crippen molar-refractivity contribution in [1.29, 1.82) is 0 Å². The minimum absolute atomic E-state index is 0.108. The van der Waals surface area contributed by atoms with Crippen molar-refractivity contribution in [2.45, 2.75) is 0 Å². The van der Waals surface area contributed by atoms with Crippen LogP contribution in [0.4, 0.5) is 0 Å². The van der Waals surface area contributed by atoms with Gasteiger partial charge in [-0.15, -0.1) is 0 Å². The van der Waals surface area contributed by atoms with Crippen LogP contribution >= 0.6 is 0 Å². The monoisotopic (exact) mass is 269 g/mol. The molecule has 2 aliphatic heterocycles. The van der Waals surface area contributed by atoms with E-state index in [1.165, 1.54) is 0 Å². The molecule has 1 aromatic heterocycles. The van der Waals surface area contributed by atoms with Crippen molar-refractivity contribution in [2.24, 2.45) is 11.8 Å². The standard InChI is InChI=1S/C16H19N3O/c1-17-8-13-10-18(11-14(13)9-17)19-7-6-12-4-2-3-5-15(12)16(19)20/h2-7,13-14H,8-11H2,1H3. The van der Waals surface area contributed by atoms with E-state index in [9.17, 15) is 4.79 Å². The number of aromatic nitrogens is 1. The van der Waals surface area contributed by atoms with Crippen molar-refractivity contribution in [3.05, 3.63) is 46.9 Å². The van der Waals surface area contributed by atoms with Gasteiger partial charge in [0.15, 0.2) is 0 Å². The van der Waals surface area contributed by atoms with Crippen LogP contribution in [-0.4, -0.2) is 42.8 Å². The van der Waals surface area contributed by atoms with Crippen LogP contribution in [0.15, 0.2) is 41.3 Å². The quantitative estimate of drug-likeness (QED) is 0.777. The second-order valence-electron chi connectivity index (χ2n) is 6.17. The van der Waals surface area contributed by atoms with Gasteiger partial charge in [-0.1, -0.05) is 18.2 Å². The van der Waals surface area contributed by atoms with Crippen LogP contribution < -0.4 is 10.6 Å². The van der Waals surface area contributed by atoms with E-state index in [4.69, 9.17) is 0 Å². The molecule has 2 saturated heterocycles. The lowest BCUT2D eigenvalue weighted by molar-refractivity contribution is 0.379. The maximum atomic E-state index is 12.6. The molecule has 0 bridgehead atoms. The molecule has 2 atom stereocenters. The Morgan fingerprint density at radius 2 is 1.70 bits per heavy atom. The summed E-state index contributed by atoms with van der Waals surface area (Å²) in [4.78, 5) is 15.0. The summed E-state index contributed by atoms with van der Waals surface area (Å²) in [6.45, 7) is 4.30. The third-order valence-corrected chi connectivity index (χ3v) is 4.75. The van der Waals surface area contributed by atoms with E-state index in [1.807, 2.05) is 41.2 Å². The van der Waals surface area contributed by atoms with E-state index in [2.05, 4.69) is 17.0 Å². The van der Waals surface area contributed by atoms with Gasteiger partial charge in [-0.25, -0.2) is 4.68 Å². The minimum Gasteiger partial charge on any atom is -0.309 e. The van der Waals surface area contributed by atoms with Gasteiger partial charge in [-0.3, -0.25) is 4.79 Å². The summed E-state index contributed by atoms with van der Waals surface area (Å²) in [5.41, 5.74) is 0.108. The van der Waals surface area contributed by atoms with Gasteiger partial charge >= 0.3 is 0 Å². The second-order valence-corrected chi connectivity index (χ2v) is 6.17. The predicted octanol–water partition coefficient (Wildman–Crippen LogP) is 1.13. The Labute approximate surface area is 118 Å². The fraction of sp³-hybridized carbons (Fsp3) is 0.438. The summed E-state index contributed by atoms with van der Waals surface area (Å²) in [6, 6.07) is 9.86. The summed E-state index contributed by atoms with van der Waals surface area (Å²) in [5, 5.41) is 4.05. The minimum atomic E-state index is 0.108. The second kappa shape index (κ2) is 4.35. The van der Waals surface area contributed by atoms with Gasteiger partial charge < -0.3 is 9.91 Å². The summed E-state index contributed by atoms with van der Waals surface area (Å²) in [6.07, 6.45) is 1.93. The molecule has 4 rings (SSSR count). The molecule has 0 spiro atoms. The molecule has 0 N–H and O–H groups in total. The van der Waals surface area contributed by atoms with Gasteiger partial charge in [-0.2, -0.15) is 0 Å². The van der Waals surface area contributed by atoms with Gasteiger partial charge in [0.2, 0.25) is 0 Å². The number of benzene rings is 1. The summed E-state index contributed by atoms with van der Waals surface area (Å²) in [7, 11) is 2.19. The molecule has 0 saturated carbocycles. The third-order valence-electron chi connectivity index (χ3n) is 4.75. The normalized spacial score (nSPS) is 26.4. The number of rotatable bonds is 1. The molecule has 4 nitrogen and oxygen atoms in total. The van der Waals surface area contributed by atoms with Crippen LogP contribution in [0, 0.1) is 11.8 Å². The maximum absolute atomic E-state index is 12.6. The molecule has 2 unspecified atom stereocenters.